The van der Waals surface area contributed by atoms with E-state index in [0.29, 0.717) is 12.4 Å². The zero-order chi connectivity index (χ0) is 13.7. The fourth-order valence-electron chi connectivity index (χ4n) is 1.63. The van der Waals surface area contributed by atoms with Gasteiger partial charge in [-0.25, -0.2) is 4.68 Å². The van der Waals surface area contributed by atoms with Gasteiger partial charge in [0.15, 0.2) is 5.82 Å². The quantitative estimate of drug-likeness (QED) is 0.713. The van der Waals surface area contributed by atoms with Gasteiger partial charge in [-0.2, -0.15) is 5.10 Å². The Bertz CT molecular complexity index is 523. The molecule has 2 heterocycles. The van der Waals surface area contributed by atoms with Gasteiger partial charge in [-0.1, -0.05) is 0 Å². The molecule has 19 heavy (non-hydrogen) atoms. The number of tetrazole rings is 1. The van der Waals surface area contributed by atoms with Crippen LogP contribution in [0.4, 0.5) is 0 Å². The topological polar surface area (TPSA) is 108 Å². The Morgan fingerprint density at radius 2 is 2.42 bits per heavy atom. The molecule has 9 nitrogen and oxygen atoms in total. The predicted molar refractivity (Wildman–Crippen MR) is 62.2 cm³/mol. The van der Waals surface area contributed by atoms with Crippen LogP contribution in [-0.4, -0.2) is 54.3 Å². The largest absolute Gasteiger partial charge is 0.481 e. The van der Waals surface area contributed by atoms with Crippen LogP contribution in [0.3, 0.4) is 0 Å². The number of hydrogen-bond acceptors (Lipinski definition) is 6. The van der Waals surface area contributed by atoms with Gasteiger partial charge in [-0.3, -0.25) is 9.48 Å². The van der Waals surface area contributed by atoms with E-state index in [9.17, 15) is 4.79 Å². The minimum absolute atomic E-state index is 0.0996. The molecule has 2 rings (SSSR count). The lowest BCUT2D eigenvalue weighted by atomic mass is 10.2. The fraction of sp³-hybridized carbons (Fsp3) is 0.500. The summed E-state index contributed by atoms with van der Waals surface area (Å²) in [7, 11) is 1.46. The second-order valence-electron chi connectivity index (χ2n) is 3.94. The van der Waals surface area contributed by atoms with E-state index >= 15 is 0 Å². The van der Waals surface area contributed by atoms with Crippen molar-refractivity contribution in [1.82, 2.24) is 30.0 Å². The van der Waals surface area contributed by atoms with Crippen LogP contribution in [0, 0.1) is 0 Å². The summed E-state index contributed by atoms with van der Waals surface area (Å²) in [6, 6.07) is 1.80. The van der Waals surface area contributed by atoms with Crippen molar-refractivity contribution in [2.45, 2.75) is 25.6 Å². The van der Waals surface area contributed by atoms with Gasteiger partial charge in [0.1, 0.15) is 6.54 Å². The molecular weight excluding hydrogens is 252 g/mol. The molecule has 0 fully saturated rings. The maximum atomic E-state index is 10.7. The third-order valence-electron chi connectivity index (χ3n) is 2.58. The van der Waals surface area contributed by atoms with Crippen LogP contribution in [-0.2, 0) is 22.6 Å². The van der Waals surface area contributed by atoms with Gasteiger partial charge in [0.25, 0.3) is 0 Å². The van der Waals surface area contributed by atoms with E-state index in [1.54, 1.807) is 23.1 Å². The van der Waals surface area contributed by atoms with Crippen LogP contribution < -0.4 is 0 Å². The Hall–Kier alpha value is -2.29. The molecule has 9 heteroatoms. The molecule has 0 amide bonds. The molecule has 102 valence electrons. The van der Waals surface area contributed by atoms with Gasteiger partial charge in [-0.15, -0.1) is 5.10 Å². The number of rotatable bonds is 7. The summed E-state index contributed by atoms with van der Waals surface area (Å²) in [5.74, 6) is -0.329. The number of hydrogen-bond donors (Lipinski definition) is 1. The monoisotopic (exact) mass is 266 g/mol. The Labute approximate surface area is 108 Å². The number of aromatic nitrogens is 6. The lowest BCUT2D eigenvalue weighted by Crippen LogP contribution is -2.24. The Morgan fingerprint density at radius 1 is 1.58 bits per heavy atom. The summed E-state index contributed by atoms with van der Waals surface area (Å²) >= 11 is 0. The van der Waals surface area contributed by atoms with Crippen LogP contribution in [0.25, 0.3) is 0 Å². The highest BCUT2D eigenvalue weighted by Crippen LogP contribution is 2.04. The molecule has 0 saturated heterocycles. The van der Waals surface area contributed by atoms with Gasteiger partial charge < -0.3 is 9.84 Å². The normalized spacial score (nSPS) is 12.5. The average molecular weight is 266 g/mol. The molecule has 2 aromatic rings. The first-order valence-corrected chi connectivity index (χ1v) is 5.66. The van der Waals surface area contributed by atoms with E-state index in [-0.39, 0.29) is 13.0 Å². The van der Waals surface area contributed by atoms with Crippen molar-refractivity contribution in [1.29, 1.82) is 0 Å². The second kappa shape index (κ2) is 6.05. The third kappa shape index (κ3) is 3.58. The van der Waals surface area contributed by atoms with Crippen LogP contribution in [0.1, 0.15) is 12.2 Å². The summed E-state index contributed by atoms with van der Waals surface area (Å²) in [4.78, 5) is 10.7. The number of aliphatic carboxylic acids is 1. The molecular formula is C10H14N6O3. The Kier molecular flexibility index (Phi) is 4.18. The highest BCUT2D eigenvalue weighted by Gasteiger charge is 2.16. The first kappa shape index (κ1) is 13.1. The van der Waals surface area contributed by atoms with Crippen molar-refractivity contribution in [3.8, 4) is 0 Å². The molecule has 0 spiro atoms. The van der Waals surface area contributed by atoms with E-state index < -0.39 is 12.1 Å². The van der Waals surface area contributed by atoms with Crippen LogP contribution in [0.15, 0.2) is 18.5 Å². The van der Waals surface area contributed by atoms with Gasteiger partial charge in [0.2, 0.25) is 0 Å². The predicted octanol–water partition coefficient (Wildman–Crippen LogP) is -0.592. The van der Waals surface area contributed by atoms with Crippen molar-refractivity contribution in [2.75, 3.05) is 7.11 Å². The zero-order valence-corrected chi connectivity index (χ0v) is 10.4. The molecule has 0 aliphatic rings. The molecule has 1 atom stereocenters. The lowest BCUT2D eigenvalue weighted by Gasteiger charge is -2.13. The van der Waals surface area contributed by atoms with E-state index in [0.717, 1.165) is 0 Å². The van der Waals surface area contributed by atoms with Crippen molar-refractivity contribution in [2.24, 2.45) is 0 Å². The van der Waals surface area contributed by atoms with Crippen LogP contribution in [0.2, 0.25) is 0 Å². The molecule has 0 bridgehead atoms. The molecule has 1 N–H and O–H groups in total. The van der Waals surface area contributed by atoms with Gasteiger partial charge in [-0.05, 0) is 16.5 Å². The average Bonchev–Trinajstić information content (AvgIpc) is 3.01. The van der Waals surface area contributed by atoms with E-state index in [1.165, 1.54) is 11.8 Å². The highest BCUT2D eigenvalue weighted by molar-refractivity contribution is 5.67. The minimum Gasteiger partial charge on any atom is -0.481 e. The molecule has 0 radical (unpaired) electrons. The van der Waals surface area contributed by atoms with Crippen LogP contribution >= 0.6 is 0 Å². The maximum absolute atomic E-state index is 10.7. The van der Waals surface area contributed by atoms with Crippen molar-refractivity contribution >= 4 is 5.97 Å². The number of carboxylic acids is 1. The van der Waals surface area contributed by atoms with Gasteiger partial charge >= 0.3 is 5.97 Å². The number of ether oxygens (including phenoxy) is 1. The van der Waals surface area contributed by atoms with E-state index in [1.807, 2.05) is 0 Å². The van der Waals surface area contributed by atoms with Gasteiger partial charge in [0.05, 0.1) is 19.1 Å². The molecule has 0 aromatic carbocycles. The molecule has 0 saturated carbocycles. The van der Waals surface area contributed by atoms with E-state index in [2.05, 4.69) is 20.6 Å². The summed E-state index contributed by atoms with van der Waals surface area (Å²) in [6.45, 7) is 0.704. The Balaban J connectivity index is 2.04. The first-order valence-electron chi connectivity index (χ1n) is 5.66. The third-order valence-corrected chi connectivity index (χ3v) is 2.58. The number of carbonyl (C=O) groups is 1. The minimum atomic E-state index is -0.923. The molecule has 1 unspecified atom stereocenters. The second-order valence-corrected chi connectivity index (χ2v) is 3.94. The Morgan fingerprint density at radius 3 is 3.05 bits per heavy atom. The highest BCUT2D eigenvalue weighted by atomic mass is 16.5. The summed E-state index contributed by atoms with van der Waals surface area (Å²) in [5.41, 5.74) is 0. The van der Waals surface area contributed by atoms with Crippen molar-refractivity contribution in [3.05, 3.63) is 24.3 Å². The molecule has 0 aliphatic carbocycles. The summed E-state index contributed by atoms with van der Waals surface area (Å²) in [6.07, 6.45) is 2.88. The zero-order valence-electron chi connectivity index (χ0n) is 10.4. The fourth-order valence-corrected chi connectivity index (χ4v) is 1.63. The maximum Gasteiger partial charge on any atom is 0.306 e. The van der Waals surface area contributed by atoms with Crippen molar-refractivity contribution in [3.63, 3.8) is 0 Å². The van der Waals surface area contributed by atoms with Gasteiger partial charge in [0, 0.05) is 19.5 Å². The standard InChI is InChI=1S/C10H14N6O3/c1-19-8(5-10(17)18)6-16-9(12-13-14-16)7-15-4-2-3-11-15/h2-4,8H,5-7H2,1H3,(H,17,18). The summed E-state index contributed by atoms with van der Waals surface area (Å²) in [5, 5.41) is 24.1. The number of methoxy groups -OCH3 is 1. The smallest absolute Gasteiger partial charge is 0.306 e. The number of carboxylic acid groups (broad SMARTS) is 1. The SMILES string of the molecule is COC(CC(=O)O)Cn1nnnc1Cn1cccn1. The first-order chi connectivity index (χ1) is 9.19. The van der Waals surface area contributed by atoms with Crippen LogP contribution in [0.5, 0.6) is 0 Å². The molecule has 2 aromatic heterocycles. The van der Waals surface area contributed by atoms with E-state index in [4.69, 9.17) is 9.84 Å². The molecule has 0 aliphatic heterocycles. The van der Waals surface area contributed by atoms with Crippen molar-refractivity contribution < 1.29 is 14.6 Å². The summed E-state index contributed by atoms with van der Waals surface area (Å²) < 4.78 is 8.31. The number of nitrogens with zero attached hydrogens (tertiary/aromatic N) is 6. The lowest BCUT2D eigenvalue weighted by molar-refractivity contribution is -0.140.